The molecule has 0 saturated carbocycles. The minimum Gasteiger partial charge on any atom is -0.359 e. The summed E-state index contributed by atoms with van der Waals surface area (Å²) in [6.45, 7) is 0.938. The highest BCUT2D eigenvalue weighted by atomic mass is 32.1. The zero-order chi connectivity index (χ0) is 11.0. The lowest BCUT2D eigenvalue weighted by Crippen LogP contribution is -2.24. The fourth-order valence-electron chi connectivity index (χ4n) is 2.06. The number of nitrogens with one attached hydrogen (secondary N) is 2. The van der Waals surface area contributed by atoms with E-state index in [-0.39, 0.29) is 0 Å². The third kappa shape index (κ3) is 1.76. The quantitative estimate of drug-likeness (QED) is 0.822. The Morgan fingerprint density at radius 1 is 1.50 bits per heavy atom. The Morgan fingerprint density at radius 2 is 2.38 bits per heavy atom. The molecule has 2 N–H and O–H groups in total. The number of benzene rings is 1. The summed E-state index contributed by atoms with van der Waals surface area (Å²) < 4.78 is 0.719. The van der Waals surface area contributed by atoms with E-state index in [0.717, 1.165) is 15.6 Å². The summed E-state index contributed by atoms with van der Waals surface area (Å²) in [5, 5.41) is 11.1. The van der Waals surface area contributed by atoms with Gasteiger partial charge in [0.15, 0.2) is 3.95 Å². The molecule has 82 valence electrons. The van der Waals surface area contributed by atoms with Crippen molar-refractivity contribution >= 4 is 28.7 Å². The number of hydrogen-bond donors (Lipinski definition) is 2. The average Bonchev–Trinajstić information content (AvgIpc) is 2.66. The van der Waals surface area contributed by atoms with Gasteiger partial charge in [-0.2, -0.15) is 0 Å². The normalized spacial score (nSPS) is 17.6. The van der Waals surface area contributed by atoms with E-state index in [1.54, 1.807) is 0 Å². The number of rotatable bonds is 3. The van der Waals surface area contributed by atoms with Gasteiger partial charge in [-0.15, -0.1) is 5.10 Å². The van der Waals surface area contributed by atoms with Crippen LogP contribution < -0.4 is 5.32 Å². The van der Waals surface area contributed by atoms with Crippen LogP contribution in [0.15, 0.2) is 24.3 Å². The smallest absolute Gasteiger partial charge is 0.204 e. The predicted molar refractivity (Wildman–Crippen MR) is 68.7 cm³/mol. The summed E-state index contributed by atoms with van der Waals surface area (Å²) in [6.07, 6.45) is 1.17. The van der Waals surface area contributed by atoms with E-state index in [4.69, 9.17) is 12.2 Å². The van der Waals surface area contributed by atoms with Gasteiger partial charge in [0.05, 0.1) is 0 Å². The van der Waals surface area contributed by atoms with Crippen LogP contribution in [0.2, 0.25) is 0 Å². The molecule has 1 heterocycles. The zero-order valence-electron chi connectivity index (χ0n) is 8.56. The Kier molecular flexibility index (Phi) is 2.49. The first-order chi connectivity index (χ1) is 7.83. The van der Waals surface area contributed by atoms with Gasteiger partial charge in [0, 0.05) is 12.5 Å². The number of H-pyrrole nitrogens is 1. The van der Waals surface area contributed by atoms with E-state index < -0.39 is 0 Å². The lowest BCUT2D eigenvalue weighted by molar-refractivity contribution is 0.635. The van der Waals surface area contributed by atoms with E-state index in [1.807, 2.05) is 0 Å². The molecule has 2 aromatic rings. The largest absolute Gasteiger partial charge is 0.359 e. The molecule has 1 aromatic carbocycles. The highest BCUT2D eigenvalue weighted by Gasteiger charge is 2.24. The molecule has 1 aromatic heterocycles. The SMILES string of the molecule is S=c1[nH]nc(NCC2Cc3ccccc32)s1. The number of aromatic amines is 1. The maximum atomic E-state index is 4.98. The molecular formula is C11H11N3S2. The van der Waals surface area contributed by atoms with Gasteiger partial charge in [0.1, 0.15) is 0 Å². The first-order valence-electron chi connectivity index (χ1n) is 5.20. The van der Waals surface area contributed by atoms with Crippen LogP contribution in [0.3, 0.4) is 0 Å². The average molecular weight is 249 g/mol. The van der Waals surface area contributed by atoms with Gasteiger partial charge in [-0.05, 0) is 29.8 Å². The third-order valence-corrected chi connectivity index (χ3v) is 3.95. The van der Waals surface area contributed by atoms with Crippen LogP contribution in [0.4, 0.5) is 5.13 Å². The molecule has 1 atom stereocenters. The fourth-order valence-corrected chi connectivity index (χ4v) is 2.86. The molecule has 0 fully saturated rings. The molecule has 3 nitrogen and oxygen atoms in total. The molecule has 0 spiro atoms. The minimum absolute atomic E-state index is 0.619. The van der Waals surface area contributed by atoms with E-state index in [0.29, 0.717) is 5.92 Å². The molecule has 0 bridgehead atoms. The Bertz CT molecular complexity index is 558. The summed E-state index contributed by atoms with van der Waals surface area (Å²) in [5.41, 5.74) is 2.94. The van der Waals surface area contributed by atoms with E-state index >= 15 is 0 Å². The molecule has 1 aliphatic rings. The minimum atomic E-state index is 0.619. The standard InChI is InChI=1S/C11H11N3S2/c15-11-14-13-10(16-11)12-6-8-5-7-3-1-2-4-9(7)8/h1-4,8H,5-6H2,(H,12,13)(H,14,15). The highest BCUT2D eigenvalue weighted by molar-refractivity contribution is 7.73. The Hall–Kier alpha value is -1.20. The highest BCUT2D eigenvalue weighted by Crippen LogP contribution is 2.34. The summed E-state index contributed by atoms with van der Waals surface area (Å²) in [6, 6.07) is 8.60. The molecule has 3 rings (SSSR count). The first-order valence-corrected chi connectivity index (χ1v) is 6.42. The summed E-state index contributed by atoms with van der Waals surface area (Å²) in [7, 11) is 0. The van der Waals surface area contributed by atoms with Crippen molar-refractivity contribution in [2.45, 2.75) is 12.3 Å². The van der Waals surface area contributed by atoms with Gasteiger partial charge in [-0.3, -0.25) is 5.10 Å². The molecular weight excluding hydrogens is 238 g/mol. The Labute approximate surface area is 103 Å². The summed E-state index contributed by atoms with van der Waals surface area (Å²) in [4.78, 5) is 0. The molecule has 16 heavy (non-hydrogen) atoms. The lowest BCUT2D eigenvalue weighted by Gasteiger charge is -2.29. The van der Waals surface area contributed by atoms with Crippen molar-refractivity contribution in [2.75, 3.05) is 11.9 Å². The second-order valence-electron chi connectivity index (χ2n) is 3.90. The third-order valence-electron chi connectivity index (χ3n) is 2.90. The maximum Gasteiger partial charge on any atom is 0.204 e. The van der Waals surface area contributed by atoms with Crippen molar-refractivity contribution in [2.24, 2.45) is 0 Å². The van der Waals surface area contributed by atoms with Gasteiger partial charge in [-0.25, -0.2) is 0 Å². The molecule has 0 saturated heterocycles. The lowest BCUT2D eigenvalue weighted by atomic mass is 9.78. The predicted octanol–water partition coefficient (Wildman–Crippen LogP) is 2.95. The van der Waals surface area contributed by atoms with Crippen molar-refractivity contribution in [1.82, 2.24) is 10.2 Å². The van der Waals surface area contributed by atoms with Crippen molar-refractivity contribution in [3.05, 3.63) is 39.3 Å². The number of nitrogens with zero attached hydrogens (tertiary/aromatic N) is 1. The maximum absolute atomic E-state index is 4.98. The van der Waals surface area contributed by atoms with Crippen LogP contribution in [-0.4, -0.2) is 16.7 Å². The number of anilines is 1. The van der Waals surface area contributed by atoms with Crippen molar-refractivity contribution in [3.8, 4) is 0 Å². The van der Waals surface area contributed by atoms with Crippen molar-refractivity contribution in [3.63, 3.8) is 0 Å². The van der Waals surface area contributed by atoms with Crippen LogP contribution in [0.1, 0.15) is 17.0 Å². The topological polar surface area (TPSA) is 40.7 Å². The summed E-state index contributed by atoms with van der Waals surface area (Å²) >= 11 is 6.46. The number of fused-ring (bicyclic) bond motifs is 1. The molecule has 0 aliphatic heterocycles. The second-order valence-corrected chi connectivity index (χ2v) is 5.56. The van der Waals surface area contributed by atoms with Crippen LogP contribution in [0.5, 0.6) is 0 Å². The van der Waals surface area contributed by atoms with Crippen molar-refractivity contribution in [1.29, 1.82) is 0 Å². The second kappa shape index (κ2) is 3.99. The monoisotopic (exact) mass is 249 g/mol. The van der Waals surface area contributed by atoms with E-state index in [1.165, 1.54) is 28.9 Å². The molecule has 0 amide bonds. The molecule has 5 heteroatoms. The van der Waals surface area contributed by atoms with Crippen LogP contribution in [0.25, 0.3) is 0 Å². The zero-order valence-corrected chi connectivity index (χ0v) is 10.2. The van der Waals surface area contributed by atoms with Crippen LogP contribution >= 0.6 is 23.6 Å². The fraction of sp³-hybridized carbons (Fsp3) is 0.273. The van der Waals surface area contributed by atoms with E-state index in [9.17, 15) is 0 Å². The van der Waals surface area contributed by atoms with Gasteiger partial charge >= 0.3 is 0 Å². The number of hydrogen-bond acceptors (Lipinski definition) is 4. The van der Waals surface area contributed by atoms with Gasteiger partial charge < -0.3 is 5.32 Å². The van der Waals surface area contributed by atoms with Gasteiger partial charge in [0.2, 0.25) is 5.13 Å². The Morgan fingerprint density at radius 3 is 3.12 bits per heavy atom. The summed E-state index contributed by atoms with van der Waals surface area (Å²) in [5.74, 6) is 0.619. The molecule has 1 aliphatic carbocycles. The van der Waals surface area contributed by atoms with Gasteiger partial charge in [0.25, 0.3) is 0 Å². The van der Waals surface area contributed by atoms with Gasteiger partial charge in [-0.1, -0.05) is 35.6 Å². The van der Waals surface area contributed by atoms with Crippen molar-refractivity contribution < 1.29 is 0 Å². The number of aromatic nitrogens is 2. The first kappa shape index (κ1) is 9.99. The molecule has 0 radical (unpaired) electrons. The molecule has 1 unspecified atom stereocenters. The Balaban J connectivity index is 1.65. The van der Waals surface area contributed by atoms with Crippen LogP contribution in [0, 0.1) is 3.95 Å². The van der Waals surface area contributed by atoms with E-state index in [2.05, 4.69) is 39.8 Å². The van der Waals surface area contributed by atoms with Crippen LogP contribution in [-0.2, 0) is 6.42 Å².